The normalized spacial score (nSPS) is 16.7. The molecule has 2 aliphatic rings. The van der Waals surface area contributed by atoms with Crippen LogP contribution < -0.4 is 9.47 Å². The Bertz CT molecular complexity index is 2390. The highest BCUT2D eigenvalue weighted by Crippen LogP contribution is 2.43. The number of oxazole rings is 2. The van der Waals surface area contributed by atoms with Crippen LogP contribution in [0.2, 0.25) is 0 Å². The van der Waals surface area contributed by atoms with Crippen LogP contribution in [0.4, 0.5) is 17.6 Å². The van der Waals surface area contributed by atoms with Crippen molar-refractivity contribution in [2.45, 2.75) is 58.3 Å². The number of likely N-dealkylation sites (tertiary alicyclic amines) is 2. The second kappa shape index (κ2) is 14.4. The van der Waals surface area contributed by atoms with Crippen molar-refractivity contribution in [2.75, 3.05) is 26.7 Å². The van der Waals surface area contributed by atoms with Gasteiger partial charge in [-0.1, -0.05) is 24.3 Å². The fourth-order valence-electron chi connectivity index (χ4n) is 7.72. The van der Waals surface area contributed by atoms with E-state index < -0.39 is 30.3 Å². The molecule has 0 saturated carbocycles. The molecule has 0 amide bonds. The van der Waals surface area contributed by atoms with Gasteiger partial charge in [0.1, 0.15) is 28.6 Å². The molecule has 54 heavy (non-hydrogen) atoms. The van der Waals surface area contributed by atoms with Crippen molar-refractivity contribution >= 4 is 28.2 Å². The molecule has 0 bridgehead atoms. The molecule has 0 radical (unpaired) electrons. The highest BCUT2D eigenvalue weighted by molar-refractivity contribution is 5.87. The van der Waals surface area contributed by atoms with Gasteiger partial charge in [0.05, 0.1) is 12.7 Å². The van der Waals surface area contributed by atoms with Crippen molar-refractivity contribution in [3.05, 3.63) is 82.9 Å². The highest BCUT2D eigenvalue weighted by Gasteiger charge is 2.32. The predicted octanol–water partition coefficient (Wildman–Crippen LogP) is 8.81. The first-order valence-electron chi connectivity index (χ1n) is 17.7. The Labute approximate surface area is 306 Å². The van der Waals surface area contributed by atoms with E-state index >= 15 is 8.78 Å². The number of benzene rings is 4. The van der Waals surface area contributed by atoms with Gasteiger partial charge < -0.3 is 23.4 Å². The third-order valence-corrected chi connectivity index (χ3v) is 10.3. The van der Waals surface area contributed by atoms with Crippen LogP contribution >= 0.6 is 0 Å². The van der Waals surface area contributed by atoms with Crippen LogP contribution in [-0.2, 0) is 17.9 Å². The lowest BCUT2D eigenvalue weighted by Crippen LogP contribution is -2.35. The van der Waals surface area contributed by atoms with Crippen molar-refractivity contribution in [1.82, 2.24) is 19.8 Å². The maximum absolute atomic E-state index is 15.3. The predicted molar refractivity (Wildman–Crippen MR) is 191 cm³/mol. The van der Waals surface area contributed by atoms with Crippen LogP contribution in [0.3, 0.4) is 0 Å². The van der Waals surface area contributed by atoms with Gasteiger partial charge in [0.25, 0.3) is 0 Å². The second-order valence-electron chi connectivity index (χ2n) is 13.7. The molecular formula is C40H36F4N4O6. The molecule has 0 unspecified atom stereocenters. The Kier molecular flexibility index (Phi) is 9.48. The van der Waals surface area contributed by atoms with Crippen molar-refractivity contribution in [3.8, 4) is 45.5 Å². The van der Waals surface area contributed by atoms with E-state index in [0.717, 1.165) is 37.1 Å². The lowest BCUT2D eigenvalue weighted by molar-refractivity contribution is -0.142. The molecule has 280 valence electrons. The fourth-order valence-corrected chi connectivity index (χ4v) is 7.72. The average Bonchev–Trinajstić information content (AvgIpc) is 3.98. The Morgan fingerprint density at radius 1 is 0.870 bits per heavy atom. The first-order valence-corrected chi connectivity index (χ1v) is 17.7. The number of carboxylic acid groups (broad SMARTS) is 1. The minimum absolute atomic E-state index is 0.0642. The molecule has 14 heteroatoms. The maximum atomic E-state index is 15.3. The van der Waals surface area contributed by atoms with Crippen molar-refractivity contribution in [1.29, 1.82) is 0 Å². The number of methoxy groups -OCH3 is 1. The van der Waals surface area contributed by atoms with E-state index in [-0.39, 0.29) is 52.9 Å². The van der Waals surface area contributed by atoms with Gasteiger partial charge in [-0.25, -0.2) is 14.4 Å². The van der Waals surface area contributed by atoms with E-state index in [0.29, 0.717) is 52.9 Å². The molecule has 2 aliphatic heterocycles. The summed E-state index contributed by atoms with van der Waals surface area (Å²) in [6.45, 7) is 1.30. The average molecular weight is 745 g/mol. The number of halogens is 4. The molecule has 1 N–H and O–H groups in total. The Hall–Kier alpha value is -5.47. The monoisotopic (exact) mass is 744 g/mol. The van der Waals surface area contributed by atoms with Gasteiger partial charge in [-0.05, 0) is 87.6 Å². The van der Waals surface area contributed by atoms with Gasteiger partial charge in [0, 0.05) is 41.4 Å². The summed E-state index contributed by atoms with van der Waals surface area (Å²) < 4.78 is 80.2. The summed E-state index contributed by atoms with van der Waals surface area (Å²) in [7, 11) is 1.50. The molecule has 6 aromatic rings. The zero-order valence-electron chi connectivity index (χ0n) is 29.5. The van der Waals surface area contributed by atoms with Gasteiger partial charge >= 0.3 is 12.6 Å². The molecular weight excluding hydrogens is 708 g/mol. The van der Waals surface area contributed by atoms with Crippen molar-refractivity contribution in [3.63, 3.8) is 0 Å². The summed E-state index contributed by atoms with van der Waals surface area (Å²) in [5.41, 5.74) is 4.32. The molecule has 2 aromatic heterocycles. The van der Waals surface area contributed by atoms with E-state index in [4.69, 9.17) is 23.3 Å². The number of aliphatic carboxylic acids is 1. The van der Waals surface area contributed by atoms with E-state index in [1.807, 2.05) is 31.2 Å². The number of ether oxygens (including phenoxy) is 2. The molecule has 10 nitrogen and oxygen atoms in total. The molecule has 1 atom stereocenters. The number of fused-ring (bicyclic) bond motifs is 2. The lowest BCUT2D eigenvalue weighted by atomic mass is 9.94. The molecule has 4 aromatic carbocycles. The zero-order chi connectivity index (χ0) is 37.7. The molecule has 0 aliphatic carbocycles. The molecule has 4 heterocycles. The molecule has 8 rings (SSSR count). The number of hydrogen-bond donors (Lipinski definition) is 1. The van der Waals surface area contributed by atoms with Crippen LogP contribution in [-0.4, -0.2) is 70.2 Å². The lowest BCUT2D eigenvalue weighted by Gasteiger charge is -2.22. The first-order chi connectivity index (χ1) is 26.1. The standard InChI is InChI=1S/C40H36F4N4O6/c1-21-24(26-10-6-11-27(35(26)51-2)38-46-29-17-23(19-47-13-3-4-14-47)33(41)34(42)36(29)54-38)8-5-9-25(21)37-45-28-16-22(20-48-15-7-12-30(48)39(49)50)31(53-40(43)44)18-32(28)52-37/h5-6,8-11,16-18,30,40H,3-4,7,12-15,19-20H2,1-2H3,(H,49,50)/t30-/m0/s1. The minimum Gasteiger partial charge on any atom is -0.495 e. The van der Waals surface area contributed by atoms with Gasteiger partial charge in [-0.3, -0.25) is 14.6 Å². The smallest absolute Gasteiger partial charge is 0.387 e. The van der Waals surface area contributed by atoms with E-state index in [9.17, 15) is 18.7 Å². The summed E-state index contributed by atoms with van der Waals surface area (Å²) in [4.78, 5) is 24.9. The maximum Gasteiger partial charge on any atom is 0.387 e. The third kappa shape index (κ3) is 6.53. The molecule has 0 spiro atoms. The number of carbonyl (C=O) groups is 1. The van der Waals surface area contributed by atoms with Gasteiger partial charge in [-0.15, -0.1) is 0 Å². The summed E-state index contributed by atoms with van der Waals surface area (Å²) in [6.07, 6.45) is 3.18. The largest absolute Gasteiger partial charge is 0.495 e. The molecule has 2 saturated heterocycles. The summed E-state index contributed by atoms with van der Waals surface area (Å²) in [6, 6.07) is 14.6. The summed E-state index contributed by atoms with van der Waals surface area (Å²) in [5.74, 6) is -2.44. The number of rotatable bonds is 11. The number of nitrogens with zero attached hydrogens (tertiary/aromatic N) is 4. The van der Waals surface area contributed by atoms with Gasteiger partial charge in [-0.2, -0.15) is 13.2 Å². The van der Waals surface area contributed by atoms with Gasteiger partial charge in [0.15, 0.2) is 17.0 Å². The summed E-state index contributed by atoms with van der Waals surface area (Å²) in [5, 5.41) is 9.65. The van der Waals surface area contributed by atoms with E-state index in [1.165, 1.54) is 19.2 Å². The van der Waals surface area contributed by atoms with Crippen LogP contribution in [0.1, 0.15) is 42.4 Å². The van der Waals surface area contributed by atoms with Crippen LogP contribution in [0.5, 0.6) is 11.5 Å². The fraction of sp³-hybridized carbons (Fsp3) is 0.325. The topological polar surface area (TPSA) is 114 Å². The quantitative estimate of drug-likeness (QED) is 0.129. The highest BCUT2D eigenvalue weighted by atomic mass is 19.3. The minimum atomic E-state index is -3.10. The number of carboxylic acids is 1. The SMILES string of the molecule is COc1c(-c2nc3cc(CN4CCCC4)c(F)c(F)c3o2)cccc1-c1cccc(-c2nc3cc(CN4CCC[C@H]4C(=O)O)c(OC(F)F)cc3o2)c1C. The van der Waals surface area contributed by atoms with E-state index in [2.05, 4.69) is 9.88 Å². The Balaban J connectivity index is 1.15. The number of para-hydroxylation sites is 1. The van der Waals surface area contributed by atoms with Crippen molar-refractivity contribution in [2.24, 2.45) is 0 Å². The zero-order valence-corrected chi connectivity index (χ0v) is 29.5. The molecule has 2 fully saturated rings. The van der Waals surface area contributed by atoms with Crippen LogP contribution in [0.25, 0.3) is 56.2 Å². The van der Waals surface area contributed by atoms with Crippen molar-refractivity contribution < 1.29 is 45.8 Å². The van der Waals surface area contributed by atoms with E-state index in [1.54, 1.807) is 23.1 Å². The van der Waals surface area contributed by atoms with Crippen LogP contribution in [0, 0.1) is 18.6 Å². The number of alkyl halides is 2. The summed E-state index contributed by atoms with van der Waals surface area (Å²) >= 11 is 0. The number of aromatic nitrogens is 2. The first kappa shape index (κ1) is 35.6. The Morgan fingerprint density at radius 3 is 2.30 bits per heavy atom. The third-order valence-electron chi connectivity index (χ3n) is 10.3. The number of hydrogen-bond acceptors (Lipinski definition) is 9. The Morgan fingerprint density at radius 2 is 1.56 bits per heavy atom. The van der Waals surface area contributed by atoms with Crippen LogP contribution in [0.15, 0.2) is 63.4 Å². The van der Waals surface area contributed by atoms with Gasteiger partial charge in [0.2, 0.25) is 17.6 Å². The second-order valence-corrected chi connectivity index (χ2v) is 13.7.